The fourth-order valence-corrected chi connectivity index (χ4v) is 8.99. The first-order chi connectivity index (χ1) is 27.7. The third kappa shape index (κ3) is 5.56. The largest absolute Gasteiger partial charge is 0.456 e. The molecule has 0 radical (unpaired) electrons. The molecule has 0 saturated carbocycles. The van der Waals surface area contributed by atoms with Crippen LogP contribution in [0.15, 0.2) is 192 Å². The van der Waals surface area contributed by atoms with Crippen molar-refractivity contribution < 1.29 is 4.42 Å². The van der Waals surface area contributed by atoms with Gasteiger partial charge in [-0.2, -0.15) is 0 Å². The molecule has 56 heavy (non-hydrogen) atoms. The first-order valence-electron chi connectivity index (χ1n) is 18.7. The number of furan rings is 1. The highest BCUT2D eigenvalue weighted by molar-refractivity contribution is 7.25. The van der Waals surface area contributed by atoms with E-state index in [0.717, 1.165) is 55.3 Å². The van der Waals surface area contributed by atoms with Gasteiger partial charge in [0.2, 0.25) is 0 Å². The van der Waals surface area contributed by atoms with E-state index in [4.69, 9.17) is 19.4 Å². The summed E-state index contributed by atoms with van der Waals surface area (Å²) in [6.45, 7) is 0. The number of hydrogen-bond donors (Lipinski definition) is 0. The van der Waals surface area contributed by atoms with Crippen molar-refractivity contribution in [3.05, 3.63) is 188 Å². The number of thiophene rings is 1. The molecule has 0 aliphatic rings. The lowest BCUT2D eigenvalue weighted by atomic mass is 9.91. The summed E-state index contributed by atoms with van der Waals surface area (Å²) >= 11 is 1.85. The maximum atomic E-state index is 6.54. The van der Waals surface area contributed by atoms with Gasteiger partial charge in [-0.3, -0.25) is 0 Å². The van der Waals surface area contributed by atoms with E-state index in [9.17, 15) is 0 Å². The van der Waals surface area contributed by atoms with Crippen LogP contribution in [0.25, 0.3) is 110 Å². The van der Waals surface area contributed by atoms with E-state index in [1.165, 1.54) is 36.9 Å². The normalized spacial score (nSPS) is 11.6. The molecule has 0 saturated heterocycles. The average molecular weight is 734 g/mol. The lowest BCUT2D eigenvalue weighted by Gasteiger charge is -2.12. The van der Waals surface area contributed by atoms with Crippen LogP contribution in [0.1, 0.15) is 0 Å². The zero-order valence-electron chi connectivity index (χ0n) is 30.1. The van der Waals surface area contributed by atoms with Crippen LogP contribution in [0.5, 0.6) is 0 Å². The third-order valence-electron chi connectivity index (χ3n) is 10.5. The van der Waals surface area contributed by atoms with Gasteiger partial charge in [-0.25, -0.2) is 15.0 Å². The van der Waals surface area contributed by atoms with Crippen LogP contribution in [0.3, 0.4) is 0 Å². The highest BCUT2D eigenvalue weighted by atomic mass is 32.1. The predicted molar refractivity (Wildman–Crippen MR) is 233 cm³/mol. The van der Waals surface area contributed by atoms with Crippen molar-refractivity contribution in [2.24, 2.45) is 0 Å². The number of rotatable bonds is 6. The molecule has 0 aliphatic carbocycles. The van der Waals surface area contributed by atoms with Crippen molar-refractivity contribution in [3.8, 4) is 67.5 Å². The van der Waals surface area contributed by atoms with E-state index in [-0.39, 0.29) is 0 Å². The monoisotopic (exact) mass is 733 g/mol. The third-order valence-corrected chi connectivity index (χ3v) is 11.7. The zero-order chi connectivity index (χ0) is 37.0. The Morgan fingerprint density at radius 3 is 1.62 bits per heavy atom. The summed E-state index contributed by atoms with van der Waals surface area (Å²) in [7, 11) is 0. The van der Waals surface area contributed by atoms with E-state index >= 15 is 0 Å². The fourth-order valence-electron chi connectivity index (χ4n) is 7.87. The molecular weight excluding hydrogens is 703 g/mol. The summed E-state index contributed by atoms with van der Waals surface area (Å²) in [5, 5.41) is 4.74. The standard InChI is InChI=1S/C51H31N3OS/c1-4-14-32(15-5-1)40-30-42-39-22-10-11-25-46(39)56-47(42)31-41(40)36-26-27-44-43(29-36)48-38(23-13-24-45(48)55-44)35-20-12-21-37(28-35)51-53-49(33-16-6-2-7-17-33)52-50(54-51)34-18-8-3-9-19-34/h1-31H. The van der Waals surface area contributed by atoms with E-state index in [2.05, 4.69) is 127 Å². The topological polar surface area (TPSA) is 51.8 Å². The first kappa shape index (κ1) is 32.2. The maximum absolute atomic E-state index is 6.54. The van der Waals surface area contributed by atoms with E-state index in [1.54, 1.807) is 0 Å². The summed E-state index contributed by atoms with van der Waals surface area (Å²) in [6, 6.07) is 65.8. The van der Waals surface area contributed by atoms with Gasteiger partial charge < -0.3 is 4.42 Å². The lowest BCUT2D eigenvalue weighted by Crippen LogP contribution is -2.00. The van der Waals surface area contributed by atoms with Crippen LogP contribution >= 0.6 is 11.3 Å². The number of nitrogens with zero attached hydrogens (tertiary/aromatic N) is 3. The molecule has 0 spiro atoms. The first-order valence-corrected chi connectivity index (χ1v) is 19.5. The van der Waals surface area contributed by atoms with Gasteiger partial charge in [0.1, 0.15) is 11.2 Å². The minimum absolute atomic E-state index is 0.621. The summed E-state index contributed by atoms with van der Waals surface area (Å²) in [4.78, 5) is 14.9. The van der Waals surface area contributed by atoms with Crippen LogP contribution in [0.2, 0.25) is 0 Å². The Morgan fingerprint density at radius 1 is 0.321 bits per heavy atom. The molecule has 0 atom stereocenters. The van der Waals surface area contributed by atoms with Gasteiger partial charge >= 0.3 is 0 Å². The minimum atomic E-state index is 0.621. The molecule has 3 aromatic heterocycles. The zero-order valence-corrected chi connectivity index (χ0v) is 30.9. The number of benzene rings is 8. The number of aromatic nitrogens is 3. The Hall–Kier alpha value is -7.21. The fraction of sp³-hybridized carbons (Fsp3) is 0. The van der Waals surface area contributed by atoms with E-state index in [0.29, 0.717) is 17.5 Å². The molecule has 0 bridgehead atoms. The highest BCUT2D eigenvalue weighted by Gasteiger charge is 2.19. The van der Waals surface area contributed by atoms with Crippen LogP contribution in [-0.2, 0) is 0 Å². The summed E-state index contributed by atoms with van der Waals surface area (Å²) in [5.41, 5.74) is 11.4. The predicted octanol–water partition coefficient (Wildman–Crippen LogP) is 14.1. The summed E-state index contributed by atoms with van der Waals surface area (Å²) < 4.78 is 9.12. The molecule has 4 nitrogen and oxygen atoms in total. The van der Waals surface area contributed by atoms with E-state index in [1.807, 2.05) is 72.0 Å². The van der Waals surface area contributed by atoms with Crippen molar-refractivity contribution in [1.29, 1.82) is 0 Å². The minimum Gasteiger partial charge on any atom is -0.456 e. The van der Waals surface area contributed by atoms with Gasteiger partial charge in [0.25, 0.3) is 0 Å². The SMILES string of the molecule is c1ccc(-c2nc(-c3ccccc3)nc(-c3cccc(-c4cccc5oc6ccc(-c7cc8sc9ccccc9c8cc7-c7ccccc7)cc6c45)c3)n2)cc1. The Morgan fingerprint density at radius 2 is 0.893 bits per heavy atom. The molecule has 11 aromatic rings. The molecule has 0 fully saturated rings. The number of fused-ring (bicyclic) bond motifs is 6. The van der Waals surface area contributed by atoms with Crippen molar-refractivity contribution >= 4 is 53.4 Å². The van der Waals surface area contributed by atoms with Crippen molar-refractivity contribution in [3.63, 3.8) is 0 Å². The Labute approximate surface area is 327 Å². The van der Waals surface area contributed by atoms with Crippen LogP contribution < -0.4 is 0 Å². The van der Waals surface area contributed by atoms with Gasteiger partial charge in [0.15, 0.2) is 17.5 Å². The Bertz CT molecular complexity index is 3180. The molecule has 0 amide bonds. The number of hydrogen-bond acceptors (Lipinski definition) is 5. The van der Waals surface area contributed by atoms with Crippen molar-refractivity contribution in [1.82, 2.24) is 15.0 Å². The second kappa shape index (κ2) is 13.3. The van der Waals surface area contributed by atoms with Gasteiger partial charge in [0, 0.05) is 47.6 Å². The average Bonchev–Trinajstić information content (AvgIpc) is 3.84. The molecule has 0 N–H and O–H groups in total. The molecule has 0 unspecified atom stereocenters. The van der Waals surface area contributed by atoms with Crippen molar-refractivity contribution in [2.75, 3.05) is 0 Å². The van der Waals surface area contributed by atoms with Gasteiger partial charge in [-0.1, -0.05) is 146 Å². The highest BCUT2D eigenvalue weighted by Crippen LogP contribution is 2.44. The Kier molecular flexibility index (Phi) is 7.64. The maximum Gasteiger partial charge on any atom is 0.164 e. The molecule has 3 heterocycles. The molecular formula is C51H31N3OS. The lowest BCUT2D eigenvalue weighted by molar-refractivity contribution is 0.669. The van der Waals surface area contributed by atoms with Crippen LogP contribution in [0.4, 0.5) is 0 Å². The van der Waals surface area contributed by atoms with Crippen LogP contribution in [-0.4, -0.2) is 15.0 Å². The van der Waals surface area contributed by atoms with Gasteiger partial charge in [-0.05, 0) is 75.8 Å². The summed E-state index contributed by atoms with van der Waals surface area (Å²) in [6.07, 6.45) is 0. The molecule has 11 rings (SSSR count). The second-order valence-electron chi connectivity index (χ2n) is 14.0. The smallest absolute Gasteiger partial charge is 0.164 e. The van der Waals surface area contributed by atoms with Crippen LogP contribution in [0, 0.1) is 0 Å². The molecule has 262 valence electrons. The molecule has 5 heteroatoms. The van der Waals surface area contributed by atoms with Gasteiger partial charge in [0.05, 0.1) is 0 Å². The second-order valence-corrected chi connectivity index (χ2v) is 15.1. The molecule has 8 aromatic carbocycles. The van der Waals surface area contributed by atoms with Crippen molar-refractivity contribution in [2.45, 2.75) is 0 Å². The Balaban J connectivity index is 1.08. The molecule has 0 aliphatic heterocycles. The van der Waals surface area contributed by atoms with Gasteiger partial charge in [-0.15, -0.1) is 11.3 Å². The quantitative estimate of drug-likeness (QED) is 0.171. The summed E-state index contributed by atoms with van der Waals surface area (Å²) in [5.74, 6) is 1.90. The van der Waals surface area contributed by atoms with E-state index < -0.39 is 0 Å².